The van der Waals surface area contributed by atoms with E-state index >= 15 is 0 Å². The van der Waals surface area contributed by atoms with Gasteiger partial charge in [-0.05, 0) is 12.1 Å². The summed E-state index contributed by atoms with van der Waals surface area (Å²) < 4.78 is 11.2. The Balaban J connectivity index is 2.05. The zero-order chi connectivity index (χ0) is 16.7. The molecule has 0 fully saturated rings. The van der Waals surface area contributed by atoms with E-state index in [2.05, 4.69) is 0 Å². The smallest absolute Gasteiger partial charge is 0.200 e. The van der Waals surface area contributed by atoms with Gasteiger partial charge in [-0.15, -0.1) is 0 Å². The minimum absolute atomic E-state index is 0.100. The van der Waals surface area contributed by atoms with Gasteiger partial charge in [0.2, 0.25) is 0 Å². The van der Waals surface area contributed by atoms with Crippen molar-refractivity contribution in [3.63, 3.8) is 0 Å². The number of ether oxygens (including phenoxy) is 2. The van der Waals surface area contributed by atoms with E-state index in [-0.39, 0.29) is 17.2 Å². The lowest BCUT2D eigenvalue weighted by Gasteiger charge is -2.33. The van der Waals surface area contributed by atoms with Gasteiger partial charge in [0, 0.05) is 36.8 Å². The van der Waals surface area contributed by atoms with Crippen molar-refractivity contribution < 1.29 is 35.0 Å². The summed E-state index contributed by atoms with van der Waals surface area (Å²) in [6.45, 7) is 0. The molecule has 7 heteroatoms. The third-order valence-corrected chi connectivity index (χ3v) is 3.89. The predicted molar refractivity (Wildman–Crippen MR) is 79.1 cm³/mol. The molecule has 7 nitrogen and oxygen atoms in total. The van der Waals surface area contributed by atoms with Crippen LogP contribution in [-0.2, 0) is 11.2 Å². The monoisotopic (exact) mass is 320 g/mol. The van der Waals surface area contributed by atoms with Crippen molar-refractivity contribution in [2.75, 3.05) is 7.11 Å². The Morgan fingerprint density at radius 1 is 0.957 bits per heavy atom. The van der Waals surface area contributed by atoms with Crippen LogP contribution >= 0.6 is 0 Å². The minimum Gasteiger partial charge on any atom is -0.508 e. The number of hydrogen-bond acceptors (Lipinski definition) is 7. The van der Waals surface area contributed by atoms with E-state index in [1.165, 1.54) is 31.4 Å². The molecule has 1 unspecified atom stereocenters. The van der Waals surface area contributed by atoms with E-state index < -0.39 is 29.5 Å². The van der Waals surface area contributed by atoms with Crippen LogP contribution in [0.4, 0.5) is 0 Å². The van der Waals surface area contributed by atoms with Crippen LogP contribution in [0.5, 0.6) is 34.5 Å². The molecule has 0 bridgehead atoms. The molecule has 0 aromatic heterocycles. The first kappa shape index (κ1) is 15.1. The van der Waals surface area contributed by atoms with Crippen LogP contribution in [0.2, 0.25) is 0 Å². The largest absolute Gasteiger partial charge is 0.508 e. The molecule has 0 spiro atoms. The van der Waals surface area contributed by atoms with Gasteiger partial charge >= 0.3 is 0 Å². The van der Waals surface area contributed by atoms with Gasteiger partial charge in [-0.3, -0.25) is 0 Å². The summed E-state index contributed by atoms with van der Waals surface area (Å²) in [5.74, 6) is -1.54. The molecule has 0 radical (unpaired) electrons. The minimum atomic E-state index is -0.703. The lowest BCUT2D eigenvalue weighted by molar-refractivity contribution is -0.0123. The molecule has 3 rings (SSSR count). The highest BCUT2D eigenvalue weighted by molar-refractivity contribution is 5.54. The Kier molecular flexibility index (Phi) is 3.57. The molecule has 23 heavy (non-hydrogen) atoms. The Hall–Kier alpha value is -2.80. The third-order valence-electron chi connectivity index (χ3n) is 3.89. The number of benzene rings is 2. The topological polar surface area (TPSA) is 120 Å². The van der Waals surface area contributed by atoms with Crippen molar-refractivity contribution in [2.45, 2.75) is 18.6 Å². The Morgan fingerprint density at radius 2 is 1.61 bits per heavy atom. The molecule has 5 N–H and O–H groups in total. The van der Waals surface area contributed by atoms with Gasteiger partial charge in [0.15, 0.2) is 23.4 Å². The quantitative estimate of drug-likeness (QED) is 0.536. The first-order valence-electron chi connectivity index (χ1n) is 6.90. The van der Waals surface area contributed by atoms with Gasteiger partial charge in [-0.25, -0.2) is 0 Å². The average molecular weight is 320 g/mol. The SMILES string of the molecule is CO[C@@H]1Cc2c(O)cc(O)cc2OC1c1cc(O)c(O)c(O)c1. The zero-order valence-electron chi connectivity index (χ0n) is 12.2. The Labute approximate surface area is 131 Å². The average Bonchev–Trinajstić information content (AvgIpc) is 2.50. The number of phenolic OH excluding ortho intramolecular Hbond substituents is 5. The molecule has 0 saturated heterocycles. The molecule has 122 valence electrons. The molecule has 2 aromatic carbocycles. The van der Waals surface area contributed by atoms with Crippen LogP contribution in [0.15, 0.2) is 24.3 Å². The van der Waals surface area contributed by atoms with Crippen LogP contribution < -0.4 is 4.74 Å². The fraction of sp³-hybridized carbons (Fsp3) is 0.250. The maximum absolute atomic E-state index is 9.92. The fourth-order valence-corrected chi connectivity index (χ4v) is 2.73. The summed E-state index contributed by atoms with van der Waals surface area (Å²) in [5.41, 5.74) is 0.885. The van der Waals surface area contributed by atoms with Gasteiger partial charge < -0.3 is 35.0 Å². The van der Waals surface area contributed by atoms with E-state index in [4.69, 9.17) is 9.47 Å². The molecule has 1 heterocycles. The van der Waals surface area contributed by atoms with E-state index in [0.29, 0.717) is 17.5 Å². The summed E-state index contributed by atoms with van der Waals surface area (Å²) in [4.78, 5) is 0. The second kappa shape index (κ2) is 5.44. The third kappa shape index (κ3) is 2.55. The molecule has 0 aliphatic carbocycles. The van der Waals surface area contributed by atoms with Crippen molar-refractivity contribution in [1.29, 1.82) is 0 Å². The predicted octanol–water partition coefficient (Wildman–Crippen LogP) is 1.91. The highest BCUT2D eigenvalue weighted by atomic mass is 16.5. The molecular formula is C16H16O7. The lowest BCUT2D eigenvalue weighted by atomic mass is 9.93. The summed E-state index contributed by atoms with van der Waals surface area (Å²) in [6, 6.07) is 5.11. The standard InChI is InChI=1S/C16H16O7/c1-22-14-6-9-10(18)4-8(17)5-13(9)23-16(14)7-2-11(19)15(21)12(20)3-7/h2-5,14,16-21H,6H2,1H3/t14-,16?/m1/s1. The van der Waals surface area contributed by atoms with Crippen molar-refractivity contribution >= 4 is 0 Å². The molecule has 0 saturated carbocycles. The van der Waals surface area contributed by atoms with Crippen LogP contribution in [0.1, 0.15) is 17.2 Å². The number of rotatable bonds is 2. The summed E-state index contributed by atoms with van der Waals surface area (Å²) >= 11 is 0. The first-order valence-corrected chi connectivity index (χ1v) is 6.90. The number of fused-ring (bicyclic) bond motifs is 1. The molecule has 2 aromatic rings. The van der Waals surface area contributed by atoms with E-state index in [0.717, 1.165) is 0 Å². The van der Waals surface area contributed by atoms with Crippen molar-refractivity contribution in [1.82, 2.24) is 0 Å². The number of aromatic hydroxyl groups is 5. The summed E-state index contributed by atoms with van der Waals surface area (Å²) in [6.07, 6.45) is -0.891. The summed E-state index contributed by atoms with van der Waals surface area (Å²) in [5, 5.41) is 48.3. The fourth-order valence-electron chi connectivity index (χ4n) is 2.73. The summed E-state index contributed by atoms with van der Waals surface area (Å²) in [7, 11) is 1.48. The van der Waals surface area contributed by atoms with Gasteiger partial charge in [0.25, 0.3) is 0 Å². The number of hydrogen-bond donors (Lipinski definition) is 5. The van der Waals surface area contributed by atoms with Crippen LogP contribution in [0.25, 0.3) is 0 Å². The first-order chi connectivity index (χ1) is 10.9. The maximum Gasteiger partial charge on any atom is 0.200 e. The van der Waals surface area contributed by atoms with Crippen LogP contribution in [0, 0.1) is 0 Å². The van der Waals surface area contributed by atoms with E-state index in [9.17, 15) is 25.5 Å². The highest BCUT2D eigenvalue weighted by Crippen LogP contribution is 2.45. The second-order valence-corrected chi connectivity index (χ2v) is 5.37. The molecule has 2 atom stereocenters. The lowest BCUT2D eigenvalue weighted by Crippen LogP contribution is -2.32. The number of phenols is 5. The normalized spacial score (nSPS) is 19.9. The van der Waals surface area contributed by atoms with Crippen LogP contribution in [-0.4, -0.2) is 38.7 Å². The Morgan fingerprint density at radius 3 is 2.22 bits per heavy atom. The van der Waals surface area contributed by atoms with Gasteiger partial charge in [0.05, 0.1) is 0 Å². The van der Waals surface area contributed by atoms with Crippen LogP contribution in [0.3, 0.4) is 0 Å². The van der Waals surface area contributed by atoms with E-state index in [1.807, 2.05) is 0 Å². The molecule has 1 aliphatic heterocycles. The molecule has 1 aliphatic rings. The van der Waals surface area contributed by atoms with Crippen molar-refractivity contribution in [2.24, 2.45) is 0 Å². The van der Waals surface area contributed by atoms with Crippen molar-refractivity contribution in [3.05, 3.63) is 35.4 Å². The Bertz CT molecular complexity index is 733. The zero-order valence-corrected chi connectivity index (χ0v) is 12.2. The maximum atomic E-state index is 9.92. The molecule has 0 amide bonds. The highest BCUT2D eigenvalue weighted by Gasteiger charge is 2.34. The van der Waals surface area contributed by atoms with Gasteiger partial charge in [0.1, 0.15) is 23.4 Å². The molecular weight excluding hydrogens is 304 g/mol. The number of methoxy groups -OCH3 is 1. The van der Waals surface area contributed by atoms with E-state index in [1.54, 1.807) is 0 Å². The van der Waals surface area contributed by atoms with Gasteiger partial charge in [-0.1, -0.05) is 0 Å². The second-order valence-electron chi connectivity index (χ2n) is 5.37. The van der Waals surface area contributed by atoms with Gasteiger partial charge in [-0.2, -0.15) is 0 Å². The van der Waals surface area contributed by atoms with Crippen molar-refractivity contribution in [3.8, 4) is 34.5 Å².